The Hall–Kier alpha value is -2.98. The Kier molecular flexibility index (Phi) is 6.85. The molecule has 0 unspecified atom stereocenters. The first kappa shape index (κ1) is 20.3. The zero-order chi connectivity index (χ0) is 20.0. The number of carbonyl (C=O) groups is 2. The van der Waals surface area contributed by atoms with Crippen LogP contribution in [0.4, 0.5) is 11.5 Å². The van der Waals surface area contributed by atoms with E-state index in [0.29, 0.717) is 5.76 Å². The van der Waals surface area contributed by atoms with E-state index in [1.807, 2.05) is 0 Å². The minimum Gasteiger partial charge on any atom is -0.383 e. The third kappa shape index (κ3) is 5.50. The molecule has 0 aliphatic heterocycles. The van der Waals surface area contributed by atoms with Crippen molar-refractivity contribution in [2.45, 2.75) is 6.92 Å². The summed E-state index contributed by atoms with van der Waals surface area (Å²) in [7, 11) is 1.46. The largest absolute Gasteiger partial charge is 0.383 e. The molecule has 11 heteroatoms. The van der Waals surface area contributed by atoms with Crippen LogP contribution in [0.1, 0.15) is 16.1 Å². The number of hydrogen-bond acceptors (Lipinski definition) is 7. The number of nitrogens with one attached hydrogen (secondary N) is 1. The zero-order valence-corrected chi connectivity index (χ0v) is 15.4. The van der Waals surface area contributed by atoms with Crippen molar-refractivity contribution in [1.82, 2.24) is 10.1 Å². The summed E-state index contributed by atoms with van der Waals surface area (Å²) < 4.78 is 9.83. The van der Waals surface area contributed by atoms with Crippen LogP contribution < -0.4 is 5.32 Å². The smallest absolute Gasteiger partial charge is 0.270 e. The number of aryl methyl sites for hydroxylation is 1. The summed E-state index contributed by atoms with van der Waals surface area (Å²) in [6.45, 7) is 1.69. The molecule has 2 aromatic rings. The quantitative estimate of drug-likeness (QED) is 0.535. The van der Waals surface area contributed by atoms with E-state index >= 15 is 0 Å². The van der Waals surface area contributed by atoms with Gasteiger partial charge in [-0.05, 0) is 13.0 Å². The molecule has 0 bridgehead atoms. The molecule has 0 radical (unpaired) electrons. The van der Waals surface area contributed by atoms with Gasteiger partial charge in [0, 0.05) is 31.9 Å². The van der Waals surface area contributed by atoms with Gasteiger partial charge < -0.3 is 19.5 Å². The number of ether oxygens (including phenoxy) is 1. The first-order chi connectivity index (χ1) is 12.8. The number of non-ortho nitro benzene ring substituents is 1. The molecule has 10 nitrogen and oxygen atoms in total. The zero-order valence-electron chi connectivity index (χ0n) is 14.6. The van der Waals surface area contributed by atoms with Crippen molar-refractivity contribution in [3.63, 3.8) is 0 Å². The van der Waals surface area contributed by atoms with Crippen LogP contribution in [-0.2, 0) is 9.53 Å². The molecule has 0 aliphatic rings. The molecule has 1 aromatic heterocycles. The van der Waals surface area contributed by atoms with Crippen LogP contribution in [0.5, 0.6) is 0 Å². The van der Waals surface area contributed by atoms with Gasteiger partial charge in [-0.15, -0.1) is 0 Å². The molecule has 1 aromatic carbocycles. The molecule has 1 heterocycles. The maximum absolute atomic E-state index is 12.7. The van der Waals surface area contributed by atoms with Crippen molar-refractivity contribution >= 4 is 34.9 Å². The summed E-state index contributed by atoms with van der Waals surface area (Å²) in [6.07, 6.45) is 0. The second-order valence-electron chi connectivity index (χ2n) is 5.51. The number of aromatic nitrogens is 1. The Morgan fingerprint density at radius 1 is 1.41 bits per heavy atom. The van der Waals surface area contributed by atoms with Crippen LogP contribution in [0.25, 0.3) is 0 Å². The van der Waals surface area contributed by atoms with Gasteiger partial charge in [-0.25, -0.2) is 0 Å². The highest BCUT2D eigenvalue weighted by atomic mass is 35.5. The highest BCUT2D eigenvalue weighted by Gasteiger charge is 2.23. The van der Waals surface area contributed by atoms with E-state index in [0.717, 1.165) is 6.07 Å². The number of hydrogen-bond donors (Lipinski definition) is 1. The lowest BCUT2D eigenvalue weighted by molar-refractivity contribution is -0.384. The van der Waals surface area contributed by atoms with Crippen LogP contribution in [-0.4, -0.2) is 53.6 Å². The Bertz CT molecular complexity index is 853. The Labute approximate surface area is 159 Å². The Morgan fingerprint density at radius 3 is 2.70 bits per heavy atom. The van der Waals surface area contributed by atoms with Gasteiger partial charge in [0.1, 0.15) is 12.3 Å². The molecule has 2 rings (SSSR count). The number of methoxy groups -OCH3 is 1. The standard InChI is InChI=1S/C16H17ClN4O6/c1-10-7-14(19-27-10)18-15(22)9-20(5-6-26-2)16(23)12-4-3-11(21(24)25)8-13(12)17/h3-4,7-8H,5-6,9H2,1-2H3,(H,18,19,22). The fraction of sp³-hybridized carbons (Fsp3) is 0.312. The molecule has 0 aliphatic carbocycles. The van der Waals surface area contributed by atoms with Crippen molar-refractivity contribution in [2.75, 3.05) is 32.1 Å². The van der Waals surface area contributed by atoms with Gasteiger partial charge in [0.05, 0.1) is 22.1 Å². The average Bonchev–Trinajstić information content (AvgIpc) is 3.02. The van der Waals surface area contributed by atoms with E-state index in [1.54, 1.807) is 6.92 Å². The van der Waals surface area contributed by atoms with Gasteiger partial charge in [0.25, 0.3) is 11.6 Å². The van der Waals surface area contributed by atoms with Crippen molar-refractivity contribution in [3.05, 3.63) is 50.7 Å². The molecular formula is C16H17ClN4O6. The monoisotopic (exact) mass is 396 g/mol. The maximum Gasteiger partial charge on any atom is 0.270 e. The summed E-state index contributed by atoms with van der Waals surface area (Å²) in [4.78, 5) is 36.4. The number of amides is 2. The summed E-state index contributed by atoms with van der Waals surface area (Å²) in [6, 6.07) is 5.04. The molecule has 0 atom stereocenters. The van der Waals surface area contributed by atoms with Crippen molar-refractivity contribution in [2.24, 2.45) is 0 Å². The van der Waals surface area contributed by atoms with E-state index in [9.17, 15) is 19.7 Å². The van der Waals surface area contributed by atoms with E-state index in [4.69, 9.17) is 20.9 Å². The third-order valence-electron chi connectivity index (χ3n) is 3.48. The third-order valence-corrected chi connectivity index (χ3v) is 3.79. The number of halogens is 1. The molecular weight excluding hydrogens is 380 g/mol. The Balaban J connectivity index is 2.15. The van der Waals surface area contributed by atoms with Crippen LogP contribution in [0, 0.1) is 17.0 Å². The molecule has 144 valence electrons. The summed E-state index contributed by atoms with van der Waals surface area (Å²) >= 11 is 6.01. The van der Waals surface area contributed by atoms with Crippen LogP contribution in [0.15, 0.2) is 28.8 Å². The molecule has 0 saturated carbocycles. The van der Waals surface area contributed by atoms with Gasteiger partial charge in [-0.1, -0.05) is 16.8 Å². The minimum absolute atomic E-state index is 0.0449. The predicted octanol–water partition coefficient (Wildman–Crippen LogP) is 2.27. The SMILES string of the molecule is COCCN(CC(=O)Nc1cc(C)on1)C(=O)c1ccc([N+](=O)[O-])cc1Cl. The lowest BCUT2D eigenvalue weighted by atomic mass is 10.1. The fourth-order valence-electron chi connectivity index (χ4n) is 2.20. The molecule has 0 spiro atoms. The average molecular weight is 397 g/mol. The van der Waals surface area contributed by atoms with Gasteiger partial charge >= 0.3 is 0 Å². The number of rotatable bonds is 8. The molecule has 2 amide bonds. The van der Waals surface area contributed by atoms with Crippen molar-refractivity contribution < 1.29 is 23.8 Å². The number of benzene rings is 1. The first-order valence-corrected chi connectivity index (χ1v) is 8.15. The topological polar surface area (TPSA) is 128 Å². The number of nitro benzene ring substituents is 1. The van der Waals surface area contributed by atoms with E-state index in [1.165, 1.54) is 30.2 Å². The van der Waals surface area contributed by atoms with Crippen LogP contribution in [0.3, 0.4) is 0 Å². The van der Waals surface area contributed by atoms with Crippen LogP contribution in [0.2, 0.25) is 5.02 Å². The Morgan fingerprint density at radius 2 is 2.15 bits per heavy atom. The van der Waals surface area contributed by atoms with Crippen LogP contribution >= 0.6 is 11.6 Å². The van der Waals surface area contributed by atoms with E-state index < -0.39 is 16.7 Å². The lowest BCUT2D eigenvalue weighted by Crippen LogP contribution is -2.40. The second kappa shape index (κ2) is 9.10. The molecule has 1 N–H and O–H groups in total. The fourth-order valence-corrected chi connectivity index (χ4v) is 2.45. The number of nitrogens with zero attached hydrogens (tertiary/aromatic N) is 3. The van der Waals surface area contributed by atoms with Crippen molar-refractivity contribution in [3.8, 4) is 0 Å². The molecule has 0 saturated heterocycles. The summed E-state index contributed by atoms with van der Waals surface area (Å²) in [5.74, 6) is -0.301. The van der Waals surface area contributed by atoms with Crippen molar-refractivity contribution in [1.29, 1.82) is 0 Å². The lowest BCUT2D eigenvalue weighted by Gasteiger charge is -2.22. The number of anilines is 1. The molecule has 0 fully saturated rings. The van der Waals surface area contributed by atoms with E-state index in [-0.39, 0.29) is 41.8 Å². The van der Waals surface area contributed by atoms with Gasteiger partial charge in [0.15, 0.2) is 5.82 Å². The highest BCUT2D eigenvalue weighted by Crippen LogP contribution is 2.23. The normalized spacial score (nSPS) is 10.5. The van der Waals surface area contributed by atoms with Gasteiger partial charge in [0.2, 0.25) is 5.91 Å². The first-order valence-electron chi connectivity index (χ1n) is 7.77. The maximum atomic E-state index is 12.7. The van der Waals surface area contributed by atoms with Gasteiger partial charge in [-0.3, -0.25) is 19.7 Å². The molecule has 27 heavy (non-hydrogen) atoms. The number of carbonyl (C=O) groups excluding carboxylic acids is 2. The predicted molar refractivity (Wildman–Crippen MR) is 95.8 cm³/mol. The van der Waals surface area contributed by atoms with Gasteiger partial charge in [-0.2, -0.15) is 0 Å². The summed E-state index contributed by atoms with van der Waals surface area (Å²) in [5.41, 5.74) is -0.192. The minimum atomic E-state index is -0.615. The summed E-state index contributed by atoms with van der Waals surface area (Å²) in [5, 5.41) is 16.9. The number of nitro groups is 1. The highest BCUT2D eigenvalue weighted by molar-refractivity contribution is 6.34. The van der Waals surface area contributed by atoms with E-state index in [2.05, 4.69) is 10.5 Å². The second-order valence-corrected chi connectivity index (χ2v) is 5.92.